The Morgan fingerprint density at radius 3 is 2.46 bits per heavy atom. The number of aromatic amines is 1. The molecule has 26 heavy (non-hydrogen) atoms. The first-order chi connectivity index (χ1) is 12.4. The van der Waals surface area contributed by atoms with Gasteiger partial charge in [0.25, 0.3) is 0 Å². The van der Waals surface area contributed by atoms with Crippen LogP contribution in [0.3, 0.4) is 0 Å². The summed E-state index contributed by atoms with van der Waals surface area (Å²) in [5.41, 5.74) is 2.47. The highest BCUT2D eigenvalue weighted by Gasteiger charge is 2.09. The SMILES string of the molecule is CS(=O)(=O)c1ccc(NC(=O)CSc2ncc(-c3ccccc3)[nH]2)cc1. The summed E-state index contributed by atoms with van der Waals surface area (Å²) >= 11 is 1.30. The first-order valence-electron chi connectivity index (χ1n) is 7.75. The van der Waals surface area contributed by atoms with Crippen molar-refractivity contribution in [3.8, 4) is 11.3 Å². The highest BCUT2D eigenvalue weighted by Crippen LogP contribution is 2.21. The molecule has 0 bridgehead atoms. The predicted octanol–water partition coefficient (Wildman–Crippen LogP) is 3.21. The second-order valence-corrected chi connectivity index (χ2v) is 8.58. The molecule has 0 saturated heterocycles. The number of carbonyl (C=O) groups is 1. The first kappa shape index (κ1) is 18.2. The van der Waals surface area contributed by atoms with Crippen LogP contribution in [0.15, 0.2) is 70.8 Å². The molecule has 2 aromatic carbocycles. The number of sulfone groups is 1. The van der Waals surface area contributed by atoms with Gasteiger partial charge in [-0.25, -0.2) is 13.4 Å². The molecule has 0 radical (unpaired) electrons. The fourth-order valence-corrected chi connectivity index (χ4v) is 3.54. The fraction of sp³-hybridized carbons (Fsp3) is 0.111. The van der Waals surface area contributed by atoms with Crippen molar-refractivity contribution >= 4 is 33.2 Å². The zero-order chi connectivity index (χ0) is 18.6. The van der Waals surface area contributed by atoms with Crippen LogP contribution in [0.25, 0.3) is 11.3 Å². The molecule has 1 aromatic heterocycles. The van der Waals surface area contributed by atoms with Gasteiger partial charge in [0.15, 0.2) is 15.0 Å². The van der Waals surface area contributed by atoms with E-state index in [9.17, 15) is 13.2 Å². The number of rotatable bonds is 6. The number of anilines is 1. The van der Waals surface area contributed by atoms with E-state index in [1.807, 2.05) is 30.3 Å². The monoisotopic (exact) mass is 387 g/mol. The number of nitrogens with zero attached hydrogens (tertiary/aromatic N) is 1. The summed E-state index contributed by atoms with van der Waals surface area (Å²) in [6, 6.07) is 15.9. The van der Waals surface area contributed by atoms with Gasteiger partial charge in [0.1, 0.15) is 0 Å². The number of amides is 1. The van der Waals surface area contributed by atoms with E-state index in [0.717, 1.165) is 17.5 Å². The van der Waals surface area contributed by atoms with Gasteiger partial charge in [0.05, 0.1) is 22.5 Å². The summed E-state index contributed by atoms with van der Waals surface area (Å²) in [6.45, 7) is 0. The van der Waals surface area contributed by atoms with Gasteiger partial charge < -0.3 is 10.3 Å². The normalized spacial score (nSPS) is 11.3. The van der Waals surface area contributed by atoms with Crippen molar-refractivity contribution in [2.24, 2.45) is 0 Å². The molecular weight excluding hydrogens is 370 g/mol. The number of nitrogens with one attached hydrogen (secondary N) is 2. The number of hydrogen-bond donors (Lipinski definition) is 2. The third-order valence-electron chi connectivity index (χ3n) is 3.54. The Kier molecular flexibility index (Phi) is 5.43. The quantitative estimate of drug-likeness (QED) is 0.634. The van der Waals surface area contributed by atoms with Crippen LogP contribution in [0.1, 0.15) is 0 Å². The van der Waals surface area contributed by atoms with Crippen molar-refractivity contribution in [1.82, 2.24) is 9.97 Å². The molecule has 0 aliphatic heterocycles. The number of hydrogen-bond acceptors (Lipinski definition) is 5. The minimum atomic E-state index is -3.24. The van der Waals surface area contributed by atoms with Crippen LogP contribution in [0.4, 0.5) is 5.69 Å². The van der Waals surface area contributed by atoms with E-state index in [1.54, 1.807) is 18.3 Å². The van der Waals surface area contributed by atoms with E-state index in [-0.39, 0.29) is 16.6 Å². The number of carbonyl (C=O) groups excluding carboxylic acids is 1. The first-order valence-corrected chi connectivity index (χ1v) is 10.6. The molecule has 134 valence electrons. The predicted molar refractivity (Wildman–Crippen MR) is 103 cm³/mol. The lowest BCUT2D eigenvalue weighted by molar-refractivity contribution is -0.113. The number of H-pyrrole nitrogens is 1. The molecule has 6 nitrogen and oxygen atoms in total. The molecule has 8 heteroatoms. The molecule has 0 spiro atoms. The summed E-state index contributed by atoms with van der Waals surface area (Å²) in [5, 5.41) is 3.39. The third-order valence-corrected chi connectivity index (χ3v) is 5.56. The summed E-state index contributed by atoms with van der Waals surface area (Å²) in [4.78, 5) is 19.7. The molecule has 0 aliphatic carbocycles. The maximum atomic E-state index is 12.1. The van der Waals surface area contributed by atoms with Gasteiger partial charge in [0, 0.05) is 11.9 Å². The van der Waals surface area contributed by atoms with E-state index in [0.29, 0.717) is 10.8 Å². The number of imidazole rings is 1. The average molecular weight is 387 g/mol. The van der Waals surface area contributed by atoms with Gasteiger partial charge in [-0.15, -0.1) is 0 Å². The largest absolute Gasteiger partial charge is 0.333 e. The summed E-state index contributed by atoms with van der Waals surface area (Å²) in [6.07, 6.45) is 2.88. The summed E-state index contributed by atoms with van der Waals surface area (Å²) < 4.78 is 22.9. The minimum absolute atomic E-state index is 0.190. The Balaban J connectivity index is 1.55. The molecule has 0 saturated carbocycles. The van der Waals surface area contributed by atoms with E-state index < -0.39 is 9.84 Å². The zero-order valence-electron chi connectivity index (χ0n) is 14.0. The lowest BCUT2D eigenvalue weighted by Gasteiger charge is -2.05. The van der Waals surface area contributed by atoms with E-state index >= 15 is 0 Å². The van der Waals surface area contributed by atoms with E-state index in [4.69, 9.17) is 0 Å². The lowest BCUT2D eigenvalue weighted by Crippen LogP contribution is -2.14. The van der Waals surface area contributed by atoms with Crippen LogP contribution in [-0.2, 0) is 14.6 Å². The molecule has 3 rings (SSSR count). The van der Waals surface area contributed by atoms with Crippen LogP contribution in [-0.4, -0.2) is 36.3 Å². The number of aromatic nitrogens is 2. The van der Waals surface area contributed by atoms with E-state index in [1.165, 1.54) is 23.9 Å². The maximum absolute atomic E-state index is 12.1. The van der Waals surface area contributed by atoms with Crippen LogP contribution in [0.2, 0.25) is 0 Å². The van der Waals surface area contributed by atoms with Crippen molar-refractivity contribution in [2.75, 3.05) is 17.3 Å². The Bertz CT molecular complexity index is 998. The van der Waals surface area contributed by atoms with Gasteiger partial charge in [-0.2, -0.15) is 0 Å². The third kappa shape index (κ3) is 4.74. The molecule has 3 aromatic rings. The molecule has 2 N–H and O–H groups in total. The van der Waals surface area contributed by atoms with Gasteiger partial charge in [-0.3, -0.25) is 4.79 Å². The Hall–Kier alpha value is -2.58. The van der Waals surface area contributed by atoms with Crippen LogP contribution in [0, 0.1) is 0 Å². The van der Waals surface area contributed by atoms with Gasteiger partial charge in [0.2, 0.25) is 5.91 Å². The van der Waals surface area contributed by atoms with Crippen molar-refractivity contribution < 1.29 is 13.2 Å². The second kappa shape index (κ2) is 7.76. The van der Waals surface area contributed by atoms with Crippen LogP contribution < -0.4 is 5.32 Å². The molecule has 1 amide bonds. The number of benzene rings is 2. The van der Waals surface area contributed by atoms with Crippen molar-refractivity contribution in [3.63, 3.8) is 0 Å². The Morgan fingerprint density at radius 2 is 1.81 bits per heavy atom. The van der Waals surface area contributed by atoms with Crippen molar-refractivity contribution in [1.29, 1.82) is 0 Å². The van der Waals surface area contributed by atoms with Gasteiger partial charge >= 0.3 is 0 Å². The smallest absolute Gasteiger partial charge is 0.234 e. The number of thioether (sulfide) groups is 1. The van der Waals surface area contributed by atoms with Gasteiger partial charge in [-0.05, 0) is 29.8 Å². The second-order valence-electron chi connectivity index (χ2n) is 5.60. The van der Waals surface area contributed by atoms with Crippen LogP contribution in [0.5, 0.6) is 0 Å². The lowest BCUT2D eigenvalue weighted by atomic mass is 10.2. The Morgan fingerprint density at radius 1 is 1.12 bits per heavy atom. The molecular formula is C18H17N3O3S2. The summed E-state index contributed by atoms with van der Waals surface area (Å²) in [7, 11) is -3.24. The average Bonchev–Trinajstić information content (AvgIpc) is 3.09. The van der Waals surface area contributed by atoms with Crippen molar-refractivity contribution in [2.45, 2.75) is 10.1 Å². The Labute approximate surface area is 156 Å². The standard InChI is InChI=1S/C18H17N3O3S2/c1-26(23,24)15-9-7-14(8-10-15)20-17(22)12-25-18-19-11-16(21-18)13-5-3-2-4-6-13/h2-11H,12H2,1H3,(H,19,21)(H,20,22). The molecule has 0 atom stereocenters. The maximum Gasteiger partial charge on any atom is 0.234 e. The molecule has 0 fully saturated rings. The fourth-order valence-electron chi connectivity index (χ4n) is 2.26. The zero-order valence-corrected chi connectivity index (χ0v) is 15.6. The van der Waals surface area contributed by atoms with Gasteiger partial charge in [-0.1, -0.05) is 42.1 Å². The summed E-state index contributed by atoms with van der Waals surface area (Å²) in [5.74, 6) is -0.00461. The van der Waals surface area contributed by atoms with E-state index in [2.05, 4.69) is 15.3 Å². The molecule has 0 unspecified atom stereocenters. The molecule has 0 aliphatic rings. The van der Waals surface area contributed by atoms with Crippen LogP contribution >= 0.6 is 11.8 Å². The topological polar surface area (TPSA) is 91.9 Å². The minimum Gasteiger partial charge on any atom is -0.333 e. The highest BCUT2D eigenvalue weighted by atomic mass is 32.2. The van der Waals surface area contributed by atoms with Crippen molar-refractivity contribution in [3.05, 3.63) is 60.8 Å². The molecule has 1 heterocycles. The highest BCUT2D eigenvalue weighted by molar-refractivity contribution is 7.99.